The highest BCUT2D eigenvalue weighted by molar-refractivity contribution is 9.10. The zero-order valence-corrected chi connectivity index (χ0v) is 17.5. The molecular weight excluding hydrogens is 422 g/mol. The molecule has 29 heavy (non-hydrogen) atoms. The second kappa shape index (κ2) is 7.30. The molecule has 0 amide bonds. The summed E-state index contributed by atoms with van der Waals surface area (Å²) in [7, 11) is 0. The molecule has 3 nitrogen and oxygen atoms in total. The van der Waals surface area contributed by atoms with E-state index in [4.69, 9.17) is 5.10 Å². The third kappa shape index (κ3) is 3.26. The van der Waals surface area contributed by atoms with Crippen LogP contribution in [0.15, 0.2) is 95.6 Å². The molecular formula is C25H18BrN3. The molecule has 0 aliphatic carbocycles. The van der Waals surface area contributed by atoms with Crippen LogP contribution in [0, 0.1) is 6.92 Å². The van der Waals surface area contributed by atoms with Crippen molar-refractivity contribution in [2.75, 3.05) is 0 Å². The fourth-order valence-electron chi connectivity index (χ4n) is 3.69. The van der Waals surface area contributed by atoms with E-state index in [9.17, 15) is 0 Å². The lowest BCUT2D eigenvalue weighted by Gasteiger charge is -2.07. The summed E-state index contributed by atoms with van der Waals surface area (Å²) in [4.78, 5) is 4.64. The van der Waals surface area contributed by atoms with Crippen LogP contribution in [0.2, 0.25) is 0 Å². The van der Waals surface area contributed by atoms with Gasteiger partial charge in [0, 0.05) is 21.8 Å². The van der Waals surface area contributed by atoms with Gasteiger partial charge in [0.15, 0.2) is 5.65 Å². The predicted octanol–water partition coefficient (Wildman–Crippen LogP) is 6.80. The van der Waals surface area contributed by atoms with Crippen molar-refractivity contribution in [3.05, 3.63) is 101 Å². The molecule has 0 radical (unpaired) electrons. The second-order valence-electron chi connectivity index (χ2n) is 6.98. The maximum absolute atomic E-state index is 4.81. The van der Waals surface area contributed by atoms with E-state index in [1.54, 1.807) is 0 Å². The lowest BCUT2D eigenvalue weighted by Crippen LogP contribution is -1.96. The Morgan fingerprint density at radius 1 is 0.690 bits per heavy atom. The first kappa shape index (κ1) is 17.8. The number of hydrogen-bond acceptors (Lipinski definition) is 2. The normalized spacial score (nSPS) is 11.1. The summed E-state index contributed by atoms with van der Waals surface area (Å²) in [6.07, 6.45) is 1.86. The third-order valence-electron chi connectivity index (χ3n) is 5.11. The molecule has 3 aromatic carbocycles. The minimum absolute atomic E-state index is 0.870. The van der Waals surface area contributed by atoms with Crippen molar-refractivity contribution in [3.8, 4) is 33.5 Å². The molecule has 2 aromatic heterocycles. The van der Waals surface area contributed by atoms with Crippen LogP contribution >= 0.6 is 15.9 Å². The van der Waals surface area contributed by atoms with Gasteiger partial charge in [-0.1, -0.05) is 82.7 Å². The smallest absolute Gasteiger partial charge is 0.163 e. The molecule has 2 heterocycles. The quantitative estimate of drug-likeness (QED) is 0.309. The van der Waals surface area contributed by atoms with E-state index in [2.05, 4.69) is 81.6 Å². The van der Waals surface area contributed by atoms with E-state index >= 15 is 0 Å². The number of benzene rings is 3. The van der Waals surface area contributed by atoms with Crippen LogP contribution in [0.1, 0.15) is 5.69 Å². The van der Waals surface area contributed by atoms with Gasteiger partial charge in [0.25, 0.3) is 0 Å². The Morgan fingerprint density at radius 2 is 1.31 bits per heavy atom. The van der Waals surface area contributed by atoms with E-state index in [-0.39, 0.29) is 0 Å². The fourth-order valence-corrected chi connectivity index (χ4v) is 3.95. The molecule has 0 fully saturated rings. The Balaban J connectivity index is 1.61. The number of rotatable bonds is 3. The standard InChI is InChI=1S/C25H18BrN3/c1-17-24(21-11-13-22(26)14-12-21)25-27-16-15-23(29(25)28-17)20-9-7-19(8-10-20)18-5-3-2-4-6-18/h2-16H,1H3. The Bertz CT molecular complexity index is 1290. The lowest BCUT2D eigenvalue weighted by atomic mass is 10.0. The molecule has 0 aliphatic rings. The van der Waals surface area contributed by atoms with E-state index in [1.807, 2.05) is 41.9 Å². The zero-order chi connectivity index (χ0) is 19.8. The van der Waals surface area contributed by atoms with E-state index in [1.165, 1.54) is 11.1 Å². The summed E-state index contributed by atoms with van der Waals surface area (Å²) in [5.74, 6) is 0. The van der Waals surface area contributed by atoms with Gasteiger partial charge in [-0.15, -0.1) is 0 Å². The average Bonchev–Trinajstić information content (AvgIpc) is 3.11. The maximum atomic E-state index is 4.81. The predicted molar refractivity (Wildman–Crippen MR) is 122 cm³/mol. The second-order valence-corrected chi connectivity index (χ2v) is 7.89. The van der Waals surface area contributed by atoms with E-state index < -0.39 is 0 Å². The molecule has 140 valence electrons. The van der Waals surface area contributed by atoms with Crippen LogP contribution < -0.4 is 0 Å². The van der Waals surface area contributed by atoms with Crippen molar-refractivity contribution < 1.29 is 0 Å². The van der Waals surface area contributed by atoms with Gasteiger partial charge in [-0.2, -0.15) is 5.10 Å². The van der Waals surface area contributed by atoms with Crippen molar-refractivity contribution in [1.29, 1.82) is 0 Å². The Labute approximate surface area is 177 Å². The van der Waals surface area contributed by atoms with Gasteiger partial charge < -0.3 is 0 Å². The zero-order valence-electron chi connectivity index (χ0n) is 15.9. The van der Waals surface area contributed by atoms with Crippen LogP contribution in [-0.2, 0) is 0 Å². The number of hydrogen-bond donors (Lipinski definition) is 0. The van der Waals surface area contributed by atoms with Crippen molar-refractivity contribution in [3.63, 3.8) is 0 Å². The minimum atomic E-state index is 0.870. The van der Waals surface area contributed by atoms with Crippen LogP contribution in [0.4, 0.5) is 0 Å². The molecule has 0 unspecified atom stereocenters. The average molecular weight is 440 g/mol. The molecule has 0 N–H and O–H groups in total. The number of nitrogens with zero attached hydrogens (tertiary/aromatic N) is 3. The monoisotopic (exact) mass is 439 g/mol. The highest BCUT2D eigenvalue weighted by Crippen LogP contribution is 2.31. The first-order valence-electron chi connectivity index (χ1n) is 9.47. The number of aromatic nitrogens is 3. The maximum Gasteiger partial charge on any atom is 0.163 e. The Morgan fingerprint density at radius 3 is 2.03 bits per heavy atom. The SMILES string of the molecule is Cc1nn2c(-c3ccc(-c4ccccc4)cc3)ccnc2c1-c1ccc(Br)cc1. The number of aryl methyl sites for hydroxylation is 1. The molecule has 5 aromatic rings. The first-order chi connectivity index (χ1) is 14.2. The molecule has 5 rings (SSSR count). The molecule has 4 heteroatoms. The van der Waals surface area contributed by atoms with Gasteiger partial charge in [0.2, 0.25) is 0 Å². The van der Waals surface area contributed by atoms with Gasteiger partial charge in [-0.25, -0.2) is 9.50 Å². The van der Waals surface area contributed by atoms with Crippen LogP contribution in [0.25, 0.3) is 39.2 Å². The van der Waals surface area contributed by atoms with Gasteiger partial charge >= 0.3 is 0 Å². The Kier molecular flexibility index (Phi) is 4.49. The summed E-state index contributed by atoms with van der Waals surface area (Å²) in [5.41, 5.74) is 8.58. The number of fused-ring (bicyclic) bond motifs is 1. The summed E-state index contributed by atoms with van der Waals surface area (Å²) in [5, 5.41) is 4.81. The summed E-state index contributed by atoms with van der Waals surface area (Å²) in [6, 6.07) is 29.3. The van der Waals surface area contributed by atoms with Crippen LogP contribution in [-0.4, -0.2) is 14.6 Å². The summed E-state index contributed by atoms with van der Waals surface area (Å²) < 4.78 is 3.01. The largest absolute Gasteiger partial charge is 0.236 e. The fraction of sp³-hybridized carbons (Fsp3) is 0.0400. The van der Waals surface area contributed by atoms with Gasteiger partial charge in [-0.3, -0.25) is 0 Å². The minimum Gasteiger partial charge on any atom is -0.236 e. The molecule has 0 saturated heterocycles. The third-order valence-corrected chi connectivity index (χ3v) is 5.64. The summed E-state index contributed by atoms with van der Waals surface area (Å²) >= 11 is 3.51. The lowest BCUT2D eigenvalue weighted by molar-refractivity contribution is 0.925. The highest BCUT2D eigenvalue weighted by atomic mass is 79.9. The van der Waals surface area contributed by atoms with Crippen molar-refractivity contribution >= 4 is 21.6 Å². The van der Waals surface area contributed by atoms with Gasteiger partial charge in [0.1, 0.15) is 0 Å². The Hall–Kier alpha value is -3.24. The molecule has 0 atom stereocenters. The van der Waals surface area contributed by atoms with Crippen LogP contribution in [0.5, 0.6) is 0 Å². The molecule has 0 spiro atoms. The van der Waals surface area contributed by atoms with Crippen molar-refractivity contribution in [2.45, 2.75) is 6.92 Å². The first-order valence-corrected chi connectivity index (χ1v) is 10.3. The van der Waals surface area contributed by atoms with E-state index in [0.29, 0.717) is 0 Å². The van der Waals surface area contributed by atoms with Crippen LogP contribution in [0.3, 0.4) is 0 Å². The van der Waals surface area contributed by atoms with Crippen molar-refractivity contribution in [1.82, 2.24) is 14.6 Å². The van der Waals surface area contributed by atoms with Gasteiger partial charge in [0.05, 0.1) is 11.4 Å². The van der Waals surface area contributed by atoms with Gasteiger partial charge in [-0.05, 0) is 41.8 Å². The molecule has 0 saturated carbocycles. The topological polar surface area (TPSA) is 30.2 Å². The number of halogens is 1. The molecule has 0 aliphatic heterocycles. The summed E-state index contributed by atoms with van der Waals surface area (Å²) in [6.45, 7) is 2.04. The highest BCUT2D eigenvalue weighted by Gasteiger charge is 2.15. The van der Waals surface area contributed by atoms with E-state index in [0.717, 1.165) is 38.2 Å². The van der Waals surface area contributed by atoms with Crippen molar-refractivity contribution in [2.24, 2.45) is 0 Å². The molecule has 0 bridgehead atoms.